The Morgan fingerprint density at radius 1 is 1.32 bits per heavy atom. The van der Waals surface area contributed by atoms with Crippen LogP contribution in [0.4, 0.5) is 0 Å². The molecule has 0 spiro atoms. The first-order valence-corrected chi connectivity index (χ1v) is 7.40. The predicted octanol–water partition coefficient (Wildman–Crippen LogP) is 3.65. The van der Waals surface area contributed by atoms with E-state index < -0.39 is 0 Å². The van der Waals surface area contributed by atoms with Crippen LogP contribution in [0.5, 0.6) is 5.75 Å². The Labute approximate surface area is 117 Å². The number of rotatable bonds is 7. The fraction of sp³-hybridized carbons (Fsp3) is 0.647. The van der Waals surface area contributed by atoms with Crippen LogP contribution in [0.1, 0.15) is 39.2 Å². The predicted molar refractivity (Wildman–Crippen MR) is 80.7 cm³/mol. The number of nitrogens with one attached hydrogen (secondary N) is 1. The molecule has 106 valence electrons. The number of hydrogen-bond acceptors (Lipinski definition) is 2. The minimum atomic E-state index is 0.275. The van der Waals surface area contributed by atoms with Crippen molar-refractivity contribution >= 4 is 0 Å². The van der Waals surface area contributed by atoms with Crippen LogP contribution in [-0.4, -0.2) is 19.7 Å². The van der Waals surface area contributed by atoms with Crippen molar-refractivity contribution in [2.75, 3.05) is 13.7 Å². The highest BCUT2D eigenvalue weighted by atomic mass is 16.5. The fourth-order valence-electron chi connectivity index (χ4n) is 2.42. The molecule has 1 N–H and O–H groups in total. The summed E-state index contributed by atoms with van der Waals surface area (Å²) in [6.07, 6.45) is 3.76. The van der Waals surface area contributed by atoms with Gasteiger partial charge in [-0.1, -0.05) is 39.0 Å². The zero-order valence-corrected chi connectivity index (χ0v) is 12.7. The van der Waals surface area contributed by atoms with Crippen LogP contribution in [0.3, 0.4) is 0 Å². The zero-order valence-electron chi connectivity index (χ0n) is 12.7. The van der Waals surface area contributed by atoms with Crippen LogP contribution in [-0.2, 0) is 6.42 Å². The number of hydrogen-bond donors (Lipinski definition) is 1. The summed E-state index contributed by atoms with van der Waals surface area (Å²) < 4.78 is 5.49. The minimum absolute atomic E-state index is 0.275. The molecule has 0 aromatic heterocycles. The summed E-state index contributed by atoms with van der Waals surface area (Å²) in [4.78, 5) is 0. The maximum atomic E-state index is 5.49. The van der Waals surface area contributed by atoms with E-state index in [1.54, 1.807) is 7.11 Å². The van der Waals surface area contributed by atoms with E-state index in [2.05, 4.69) is 44.3 Å². The largest absolute Gasteiger partial charge is 0.496 e. The van der Waals surface area contributed by atoms with E-state index in [0.29, 0.717) is 5.92 Å². The first-order valence-electron chi connectivity index (χ1n) is 7.40. The Hall–Kier alpha value is -1.02. The molecule has 1 atom stereocenters. The number of methoxy groups -OCH3 is 1. The van der Waals surface area contributed by atoms with Gasteiger partial charge in [-0.3, -0.25) is 0 Å². The minimum Gasteiger partial charge on any atom is -0.496 e. The summed E-state index contributed by atoms with van der Waals surface area (Å²) in [6.45, 7) is 8.13. The molecule has 1 fully saturated rings. The van der Waals surface area contributed by atoms with E-state index in [9.17, 15) is 0 Å². The smallest absolute Gasteiger partial charge is 0.122 e. The van der Waals surface area contributed by atoms with E-state index in [4.69, 9.17) is 4.74 Å². The van der Waals surface area contributed by atoms with E-state index in [1.807, 2.05) is 6.07 Å². The van der Waals surface area contributed by atoms with Gasteiger partial charge in [-0.2, -0.15) is 0 Å². The molecule has 2 heteroatoms. The lowest BCUT2D eigenvalue weighted by molar-refractivity contribution is 0.204. The van der Waals surface area contributed by atoms with Crippen molar-refractivity contribution < 1.29 is 4.74 Å². The topological polar surface area (TPSA) is 21.3 Å². The van der Waals surface area contributed by atoms with E-state index in [0.717, 1.165) is 24.8 Å². The molecule has 0 amide bonds. The van der Waals surface area contributed by atoms with Crippen molar-refractivity contribution in [1.29, 1.82) is 0 Å². The summed E-state index contributed by atoms with van der Waals surface area (Å²) in [6, 6.07) is 9.17. The van der Waals surface area contributed by atoms with Crippen LogP contribution in [0.25, 0.3) is 0 Å². The molecular weight excluding hydrogens is 234 g/mol. The van der Waals surface area contributed by atoms with Gasteiger partial charge in [0.25, 0.3) is 0 Å². The van der Waals surface area contributed by atoms with Gasteiger partial charge in [0.2, 0.25) is 0 Å². The monoisotopic (exact) mass is 261 g/mol. The molecule has 0 radical (unpaired) electrons. The van der Waals surface area contributed by atoms with E-state index in [-0.39, 0.29) is 5.41 Å². The number of benzene rings is 1. The molecule has 1 aliphatic carbocycles. The summed E-state index contributed by atoms with van der Waals surface area (Å²) in [5.74, 6) is 1.66. The Morgan fingerprint density at radius 2 is 2.00 bits per heavy atom. The second-order valence-corrected chi connectivity index (χ2v) is 6.45. The summed E-state index contributed by atoms with van der Waals surface area (Å²) >= 11 is 0. The normalized spacial score (nSPS) is 18.4. The molecule has 2 rings (SSSR count). The average Bonchev–Trinajstić information content (AvgIpc) is 3.21. The third-order valence-corrected chi connectivity index (χ3v) is 4.55. The van der Waals surface area contributed by atoms with Gasteiger partial charge in [0.1, 0.15) is 5.75 Å². The van der Waals surface area contributed by atoms with Crippen LogP contribution < -0.4 is 10.1 Å². The Morgan fingerprint density at radius 3 is 2.58 bits per heavy atom. The number of para-hydroxylation sites is 1. The standard InChI is InChI=1S/C17H27NO/c1-13(2)17(3,12-18-15-9-10-15)11-14-7-5-6-8-16(14)19-4/h5-8,13,15,18H,9-12H2,1-4H3. The highest BCUT2D eigenvalue weighted by Gasteiger charge is 2.32. The molecule has 1 aliphatic rings. The van der Waals surface area contributed by atoms with Gasteiger partial charge < -0.3 is 10.1 Å². The molecule has 0 saturated heterocycles. The van der Waals surface area contributed by atoms with Crippen molar-refractivity contribution in [3.05, 3.63) is 29.8 Å². The molecule has 1 aromatic rings. The second kappa shape index (κ2) is 5.96. The maximum Gasteiger partial charge on any atom is 0.122 e. The lowest BCUT2D eigenvalue weighted by atomic mass is 9.74. The first kappa shape index (κ1) is 14.4. The van der Waals surface area contributed by atoms with Gasteiger partial charge in [-0.15, -0.1) is 0 Å². The fourth-order valence-corrected chi connectivity index (χ4v) is 2.42. The van der Waals surface area contributed by atoms with Gasteiger partial charge in [-0.05, 0) is 42.2 Å². The van der Waals surface area contributed by atoms with Gasteiger partial charge in [0.15, 0.2) is 0 Å². The third-order valence-electron chi connectivity index (χ3n) is 4.55. The summed E-state index contributed by atoms with van der Waals surface area (Å²) in [5.41, 5.74) is 1.59. The van der Waals surface area contributed by atoms with Crippen molar-refractivity contribution in [3.63, 3.8) is 0 Å². The summed E-state index contributed by atoms with van der Waals surface area (Å²) in [5, 5.41) is 3.70. The Balaban J connectivity index is 2.09. The van der Waals surface area contributed by atoms with Gasteiger partial charge in [-0.25, -0.2) is 0 Å². The SMILES string of the molecule is COc1ccccc1CC(C)(CNC1CC1)C(C)C. The van der Waals surface area contributed by atoms with Crippen LogP contribution >= 0.6 is 0 Å². The van der Waals surface area contributed by atoms with Crippen LogP contribution in [0.2, 0.25) is 0 Å². The van der Waals surface area contributed by atoms with Gasteiger partial charge >= 0.3 is 0 Å². The molecule has 19 heavy (non-hydrogen) atoms. The molecule has 1 unspecified atom stereocenters. The highest BCUT2D eigenvalue weighted by Crippen LogP contribution is 2.34. The Kier molecular flexibility index (Phi) is 4.51. The molecular formula is C17H27NO. The van der Waals surface area contributed by atoms with Gasteiger partial charge in [0, 0.05) is 12.6 Å². The number of ether oxygens (including phenoxy) is 1. The zero-order chi connectivity index (χ0) is 13.9. The molecule has 0 aliphatic heterocycles. The van der Waals surface area contributed by atoms with E-state index in [1.165, 1.54) is 18.4 Å². The van der Waals surface area contributed by atoms with Crippen LogP contribution in [0, 0.1) is 11.3 Å². The van der Waals surface area contributed by atoms with E-state index >= 15 is 0 Å². The molecule has 1 aromatic carbocycles. The van der Waals surface area contributed by atoms with Gasteiger partial charge in [0.05, 0.1) is 7.11 Å². The second-order valence-electron chi connectivity index (χ2n) is 6.45. The molecule has 0 heterocycles. The lowest BCUT2D eigenvalue weighted by Gasteiger charge is -2.35. The highest BCUT2D eigenvalue weighted by molar-refractivity contribution is 5.34. The maximum absolute atomic E-state index is 5.49. The molecule has 0 bridgehead atoms. The molecule has 2 nitrogen and oxygen atoms in total. The van der Waals surface area contributed by atoms with Crippen molar-refractivity contribution in [3.8, 4) is 5.75 Å². The first-order chi connectivity index (χ1) is 9.05. The summed E-state index contributed by atoms with van der Waals surface area (Å²) in [7, 11) is 1.76. The quantitative estimate of drug-likeness (QED) is 0.809. The Bertz CT molecular complexity index is 411. The van der Waals surface area contributed by atoms with Crippen molar-refractivity contribution in [1.82, 2.24) is 5.32 Å². The van der Waals surface area contributed by atoms with Crippen LogP contribution in [0.15, 0.2) is 24.3 Å². The van der Waals surface area contributed by atoms with Crippen molar-refractivity contribution in [2.45, 2.75) is 46.1 Å². The third kappa shape index (κ3) is 3.73. The molecule has 1 saturated carbocycles. The van der Waals surface area contributed by atoms with Crippen molar-refractivity contribution in [2.24, 2.45) is 11.3 Å². The lowest BCUT2D eigenvalue weighted by Crippen LogP contribution is -2.38. The average molecular weight is 261 g/mol.